The maximum Gasteiger partial charge on any atom is 0.317 e. The number of aromatic nitrogens is 1. The number of nitrogens with zero attached hydrogens (tertiary/aromatic N) is 3. The van der Waals surface area contributed by atoms with E-state index in [9.17, 15) is 18.4 Å². The van der Waals surface area contributed by atoms with Crippen molar-refractivity contribution >= 4 is 11.9 Å². The Kier molecular flexibility index (Phi) is 7.25. The Labute approximate surface area is 215 Å². The van der Waals surface area contributed by atoms with Crippen LogP contribution in [0, 0.1) is 18.6 Å². The van der Waals surface area contributed by atoms with Crippen LogP contribution in [-0.4, -0.2) is 65.1 Å². The maximum atomic E-state index is 14.9. The van der Waals surface area contributed by atoms with E-state index in [1.165, 1.54) is 12.1 Å². The fraction of sp³-hybridized carbons (Fsp3) is 0.357. The fourth-order valence-electron chi connectivity index (χ4n) is 4.45. The summed E-state index contributed by atoms with van der Waals surface area (Å²) in [7, 11) is 1.57. The molecule has 0 unspecified atom stereocenters. The van der Waals surface area contributed by atoms with E-state index in [1.54, 1.807) is 46.6 Å². The second-order valence-corrected chi connectivity index (χ2v) is 10.1. The van der Waals surface area contributed by atoms with Crippen molar-refractivity contribution in [2.24, 2.45) is 0 Å². The number of amides is 3. The second kappa shape index (κ2) is 10.2. The summed E-state index contributed by atoms with van der Waals surface area (Å²) in [5.74, 6) is -0.951. The number of hydrogen-bond acceptors (Lipinski definition) is 3. The van der Waals surface area contributed by atoms with Crippen molar-refractivity contribution in [2.45, 2.75) is 33.2 Å². The van der Waals surface area contributed by atoms with Gasteiger partial charge in [-0.15, -0.1) is 0 Å². The summed E-state index contributed by atoms with van der Waals surface area (Å²) >= 11 is 0. The van der Waals surface area contributed by atoms with Gasteiger partial charge in [0.15, 0.2) is 0 Å². The van der Waals surface area contributed by atoms with Crippen molar-refractivity contribution in [3.8, 4) is 22.7 Å². The number of benzene rings is 2. The van der Waals surface area contributed by atoms with E-state index in [2.05, 4.69) is 5.32 Å². The number of carbonyl (C=O) groups is 2. The molecule has 4 rings (SSSR count). The highest BCUT2D eigenvalue weighted by Crippen LogP contribution is 2.32. The normalized spacial score (nSPS) is 14.0. The van der Waals surface area contributed by atoms with Gasteiger partial charge in [-0.25, -0.2) is 13.6 Å². The molecule has 2 heterocycles. The predicted octanol–water partition coefficient (Wildman–Crippen LogP) is 5.01. The third kappa shape index (κ3) is 5.60. The summed E-state index contributed by atoms with van der Waals surface area (Å²) in [6.07, 6.45) is 0. The van der Waals surface area contributed by atoms with Gasteiger partial charge in [-0.1, -0.05) is 0 Å². The molecular formula is C28H32F2N4O3. The van der Waals surface area contributed by atoms with Crippen molar-refractivity contribution in [1.82, 2.24) is 19.7 Å². The number of ether oxygens (including phenoxy) is 1. The van der Waals surface area contributed by atoms with E-state index in [4.69, 9.17) is 4.74 Å². The van der Waals surface area contributed by atoms with Crippen LogP contribution in [0.15, 0.2) is 48.5 Å². The number of hydrogen-bond donors (Lipinski definition) is 1. The van der Waals surface area contributed by atoms with E-state index in [0.717, 1.165) is 11.6 Å². The largest absolute Gasteiger partial charge is 0.497 e. The molecule has 9 heteroatoms. The number of rotatable bonds is 4. The minimum Gasteiger partial charge on any atom is -0.497 e. The van der Waals surface area contributed by atoms with Crippen molar-refractivity contribution in [3.63, 3.8) is 0 Å². The molecule has 0 radical (unpaired) electrons. The average Bonchev–Trinajstić information content (AvgIpc) is 3.19. The number of halogens is 2. The van der Waals surface area contributed by atoms with Gasteiger partial charge in [0.1, 0.15) is 17.4 Å². The quantitative estimate of drug-likeness (QED) is 0.537. The second-order valence-electron chi connectivity index (χ2n) is 10.1. The van der Waals surface area contributed by atoms with Crippen molar-refractivity contribution in [1.29, 1.82) is 0 Å². The molecule has 3 aromatic rings. The van der Waals surface area contributed by atoms with Gasteiger partial charge in [-0.3, -0.25) is 4.79 Å². The third-order valence-electron chi connectivity index (χ3n) is 6.35. The standard InChI is InChI=1S/C28H32F2N4O3/c1-18-22(26(35)32-12-14-33(15-13-32)27(36)31-28(2,3)4)17-25(19-6-9-21(37-5)10-7-19)34(18)24-11-8-20(29)16-23(24)30/h6-11,16-17H,12-15H2,1-5H3,(H,31,36). The Morgan fingerprint density at radius 1 is 0.919 bits per heavy atom. The summed E-state index contributed by atoms with van der Waals surface area (Å²) in [6, 6.07) is 12.2. The van der Waals surface area contributed by atoms with Gasteiger partial charge in [0.2, 0.25) is 0 Å². The highest BCUT2D eigenvalue weighted by Gasteiger charge is 2.29. The van der Waals surface area contributed by atoms with Crippen LogP contribution >= 0.6 is 0 Å². The van der Waals surface area contributed by atoms with Gasteiger partial charge < -0.3 is 24.4 Å². The molecule has 2 aromatic carbocycles. The van der Waals surface area contributed by atoms with Gasteiger partial charge in [0.25, 0.3) is 5.91 Å². The lowest BCUT2D eigenvalue weighted by molar-refractivity contribution is 0.0660. The molecule has 1 aliphatic rings. The molecule has 1 fully saturated rings. The molecule has 0 saturated carbocycles. The molecule has 37 heavy (non-hydrogen) atoms. The van der Waals surface area contributed by atoms with Crippen LogP contribution in [0.25, 0.3) is 16.9 Å². The molecule has 0 bridgehead atoms. The number of nitrogens with one attached hydrogen (secondary N) is 1. The molecule has 3 amide bonds. The summed E-state index contributed by atoms with van der Waals surface area (Å²) in [4.78, 5) is 29.5. The van der Waals surface area contributed by atoms with E-state index < -0.39 is 11.6 Å². The Morgan fingerprint density at radius 2 is 1.54 bits per heavy atom. The smallest absolute Gasteiger partial charge is 0.317 e. The number of urea groups is 1. The van der Waals surface area contributed by atoms with Crippen LogP contribution < -0.4 is 10.1 Å². The van der Waals surface area contributed by atoms with Crippen LogP contribution in [-0.2, 0) is 0 Å². The Morgan fingerprint density at radius 3 is 2.11 bits per heavy atom. The summed E-state index contributed by atoms with van der Waals surface area (Å²) in [5, 5.41) is 2.95. The molecular weight excluding hydrogens is 478 g/mol. The average molecular weight is 511 g/mol. The number of methoxy groups -OCH3 is 1. The Hall–Kier alpha value is -3.88. The molecule has 7 nitrogen and oxygen atoms in total. The molecule has 0 atom stereocenters. The molecule has 0 aliphatic carbocycles. The van der Waals surface area contributed by atoms with Gasteiger partial charge >= 0.3 is 6.03 Å². The molecule has 1 aromatic heterocycles. The fourth-order valence-corrected chi connectivity index (χ4v) is 4.45. The first-order valence-electron chi connectivity index (χ1n) is 12.2. The number of piperazine rings is 1. The Balaban J connectivity index is 1.66. The highest BCUT2D eigenvalue weighted by atomic mass is 19.1. The van der Waals surface area contributed by atoms with Crippen molar-refractivity contribution < 1.29 is 23.1 Å². The minimum absolute atomic E-state index is 0.146. The van der Waals surface area contributed by atoms with Gasteiger partial charge in [0.05, 0.1) is 24.1 Å². The lowest BCUT2D eigenvalue weighted by atomic mass is 10.1. The molecule has 0 spiro atoms. The zero-order valence-electron chi connectivity index (χ0n) is 21.8. The first-order chi connectivity index (χ1) is 17.5. The zero-order valence-corrected chi connectivity index (χ0v) is 21.8. The summed E-state index contributed by atoms with van der Waals surface area (Å²) < 4.78 is 35.5. The topological polar surface area (TPSA) is 66.8 Å². The van der Waals surface area contributed by atoms with Crippen molar-refractivity contribution in [3.05, 3.63) is 71.4 Å². The first kappa shape index (κ1) is 26.2. The first-order valence-corrected chi connectivity index (χ1v) is 12.2. The zero-order chi connectivity index (χ0) is 26.9. The van der Waals surface area contributed by atoms with Crippen LogP contribution in [0.1, 0.15) is 36.8 Å². The maximum absolute atomic E-state index is 14.9. The lowest BCUT2D eigenvalue weighted by Crippen LogP contribution is -2.56. The van der Waals surface area contributed by atoms with Crippen LogP contribution in [0.4, 0.5) is 13.6 Å². The minimum atomic E-state index is -0.731. The summed E-state index contributed by atoms with van der Waals surface area (Å²) in [6.45, 7) is 9.08. The SMILES string of the molecule is COc1ccc(-c2cc(C(=O)N3CCN(C(=O)NC(C)(C)C)CC3)c(C)n2-c2ccc(F)cc2F)cc1. The van der Waals surface area contributed by atoms with Crippen LogP contribution in [0.5, 0.6) is 5.75 Å². The molecule has 196 valence electrons. The van der Waals surface area contributed by atoms with Crippen LogP contribution in [0.3, 0.4) is 0 Å². The van der Waals surface area contributed by atoms with Gasteiger partial charge in [0, 0.05) is 43.5 Å². The highest BCUT2D eigenvalue weighted by molar-refractivity contribution is 5.97. The lowest BCUT2D eigenvalue weighted by Gasteiger charge is -2.36. The monoisotopic (exact) mass is 510 g/mol. The van der Waals surface area contributed by atoms with Gasteiger partial charge in [-0.2, -0.15) is 0 Å². The molecule has 1 N–H and O–H groups in total. The molecule has 1 saturated heterocycles. The van der Waals surface area contributed by atoms with Crippen LogP contribution in [0.2, 0.25) is 0 Å². The predicted molar refractivity (Wildman–Crippen MR) is 138 cm³/mol. The van der Waals surface area contributed by atoms with E-state index in [-0.39, 0.29) is 23.2 Å². The van der Waals surface area contributed by atoms with Crippen molar-refractivity contribution in [2.75, 3.05) is 33.3 Å². The van der Waals surface area contributed by atoms with E-state index in [0.29, 0.717) is 48.9 Å². The third-order valence-corrected chi connectivity index (χ3v) is 6.35. The van der Waals surface area contributed by atoms with E-state index >= 15 is 0 Å². The molecule has 1 aliphatic heterocycles. The van der Waals surface area contributed by atoms with E-state index in [1.807, 2.05) is 32.9 Å². The van der Waals surface area contributed by atoms with Gasteiger partial charge in [-0.05, 0) is 75.7 Å². The summed E-state index contributed by atoms with van der Waals surface area (Å²) in [5.41, 5.74) is 2.09. The number of carbonyl (C=O) groups excluding carboxylic acids is 2. The Bertz CT molecular complexity index is 1300.